The van der Waals surface area contributed by atoms with Crippen molar-refractivity contribution in [2.24, 2.45) is 5.92 Å². The molecule has 0 aliphatic carbocycles. The van der Waals surface area contributed by atoms with Crippen LogP contribution < -0.4 is 11.2 Å². The highest BCUT2D eigenvalue weighted by Crippen LogP contribution is 2.13. The molecular formula is C13H18N4O2S. The second kappa shape index (κ2) is 5.32. The van der Waals surface area contributed by atoms with E-state index in [0.29, 0.717) is 18.0 Å². The van der Waals surface area contributed by atoms with E-state index >= 15 is 0 Å². The van der Waals surface area contributed by atoms with Gasteiger partial charge in [0.1, 0.15) is 21.5 Å². The lowest BCUT2D eigenvalue weighted by molar-refractivity contribution is 0.512. The molecule has 0 aliphatic heterocycles. The lowest BCUT2D eigenvalue weighted by Gasteiger charge is -2.13. The monoisotopic (exact) mass is 294 g/mol. The van der Waals surface area contributed by atoms with Crippen LogP contribution in [0.5, 0.6) is 0 Å². The first-order valence-corrected chi connectivity index (χ1v) is 6.99. The highest BCUT2D eigenvalue weighted by atomic mass is 32.1. The zero-order valence-electron chi connectivity index (χ0n) is 12.0. The topological polar surface area (TPSA) is 83.5 Å². The van der Waals surface area contributed by atoms with Crippen molar-refractivity contribution in [3.63, 3.8) is 0 Å². The van der Waals surface area contributed by atoms with E-state index < -0.39 is 11.2 Å². The van der Waals surface area contributed by atoms with Crippen LogP contribution in [0.2, 0.25) is 0 Å². The molecule has 0 aromatic carbocycles. The molecule has 6 nitrogen and oxygen atoms in total. The first-order chi connectivity index (χ1) is 9.31. The van der Waals surface area contributed by atoms with Crippen molar-refractivity contribution in [2.75, 3.05) is 0 Å². The van der Waals surface area contributed by atoms with Crippen LogP contribution in [0.15, 0.2) is 9.59 Å². The fourth-order valence-electron chi connectivity index (χ4n) is 2.03. The minimum absolute atomic E-state index is 0.128. The van der Waals surface area contributed by atoms with E-state index in [4.69, 9.17) is 12.2 Å². The highest BCUT2D eigenvalue weighted by Gasteiger charge is 2.13. The Kier molecular flexibility index (Phi) is 3.89. The van der Waals surface area contributed by atoms with E-state index in [1.54, 1.807) is 0 Å². The summed E-state index contributed by atoms with van der Waals surface area (Å²) in [4.78, 5) is 33.6. The number of aromatic nitrogens is 4. The summed E-state index contributed by atoms with van der Waals surface area (Å²) in [6.07, 6.45) is 0. The number of hydrogen-bond donors (Lipinski definition) is 2. The number of rotatable bonds is 3. The van der Waals surface area contributed by atoms with Crippen molar-refractivity contribution in [1.82, 2.24) is 19.5 Å². The molecule has 2 heterocycles. The number of H-pyrrole nitrogens is 2. The average Bonchev–Trinajstić information content (AvgIpc) is 2.32. The molecule has 0 saturated heterocycles. The van der Waals surface area contributed by atoms with Crippen molar-refractivity contribution in [3.05, 3.63) is 31.3 Å². The second-order valence-corrected chi connectivity index (χ2v) is 5.96. The zero-order chi connectivity index (χ0) is 15.0. The Bertz CT molecular complexity index is 814. The Morgan fingerprint density at radius 1 is 1.20 bits per heavy atom. The summed E-state index contributed by atoms with van der Waals surface area (Å²) < 4.78 is 1.74. The maximum Gasteiger partial charge on any atom is 0.329 e. The van der Waals surface area contributed by atoms with Gasteiger partial charge in [0.25, 0.3) is 5.56 Å². The van der Waals surface area contributed by atoms with Gasteiger partial charge < -0.3 is 4.98 Å². The van der Waals surface area contributed by atoms with Crippen molar-refractivity contribution < 1.29 is 0 Å². The number of fused-ring (bicyclic) bond motifs is 1. The highest BCUT2D eigenvalue weighted by molar-refractivity contribution is 7.71. The van der Waals surface area contributed by atoms with Crippen molar-refractivity contribution in [3.8, 4) is 0 Å². The Morgan fingerprint density at radius 2 is 1.85 bits per heavy atom. The van der Waals surface area contributed by atoms with Crippen molar-refractivity contribution >= 4 is 23.3 Å². The lowest BCUT2D eigenvalue weighted by Crippen LogP contribution is -2.32. The molecule has 0 unspecified atom stereocenters. The molecule has 2 aromatic rings. The van der Waals surface area contributed by atoms with Gasteiger partial charge in [-0.25, -0.2) is 9.78 Å². The molecule has 2 rings (SSSR count). The van der Waals surface area contributed by atoms with E-state index in [1.165, 1.54) is 4.57 Å². The van der Waals surface area contributed by atoms with E-state index in [-0.39, 0.29) is 21.9 Å². The molecule has 0 spiro atoms. The summed E-state index contributed by atoms with van der Waals surface area (Å²) in [5, 5.41) is 0.268. The number of aromatic amines is 2. The summed E-state index contributed by atoms with van der Waals surface area (Å²) in [6.45, 7) is 8.44. The van der Waals surface area contributed by atoms with Gasteiger partial charge in [-0.15, -0.1) is 0 Å². The maximum atomic E-state index is 12.0. The van der Waals surface area contributed by atoms with Crippen LogP contribution in [0.1, 0.15) is 39.4 Å². The summed E-state index contributed by atoms with van der Waals surface area (Å²) in [5.74, 6) is 1.06. The fraction of sp³-hybridized carbons (Fsp3) is 0.538. The SMILES string of the molecule is CC(C)Cn1c(=O)[nH]c(=O)c2c(=S)nc(C(C)C)[nH]c21. The van der Waals surface area contributed by atoms with Crippen LogP contribution in [0.4, 0.5) is 0 Å². The third-order valence-electron chi connectivity index (χ3n) is 2.98. The van der Waals surface area contributed by atoms with Gasteiger partial charge >= 0.3 is 5.69 Å². The minimum atomic E-state index is -0.492. The predicted octanol–water partition coefficient (Wildman–Crippen LogP) is 1.92. The zero-order valence-corrected chi connectivity index (χ0v) is 12.8. The molecule has 20 heavy (non-hydrogen) atoms. The maximum absolute atomic E-state index is 12.0. The Labute approximate surface area is 120 Å². The molecule has 0 bridgehead atoms. The van der Waals surface area contributed by atoms with Crippen molar-refractivity contribution in [2.45, 2.75) is 40.2 Å². The molecular weight excluding hydrogens is 276 g/mol. The third-order valence-corrected chi connectivity index (χ3v) is 3.27. The van der Waals surface area contributed by atoms with E-state index in [1.807, 2.05) is 27.7 Å². The van der Waals surface area contributed by atoms with Crippen molar-refractivity contribution in [1.29, 1.82) is 0 Å². The van der Waals surface area contributed by atoms with Gasteiger partial charge in [-0.2, -0.15) is 0 Å². The molecule has 7 heteroatoms. The Hall–Kier alpha value is -1.76. The van der Waals surface area contributed by atoms with Gasteiger partial charge in [-0.1, -0.05) is 39.9 Å². The molecule has 0 saturated carbocycles. The molecule has 0 radical (unpaired) electrons. The molecule has 0 fully saturated rings. The number of nitrogens with zero attached hydrogens (tertiary/aromatic N) is 2. The first kappa shape index (κ1) is 14.6. The van der Waals surface area contributed by atoms with Gasteiger partial charge in [0.05, 0.1) is 0 Å². The lowest BCUT2D eigenvalue weighted by atomic mass is 10.2. The van der Waals surface area contributed by atoms with Crippen LogP contribution in [-0.4, -0.2) is 19.5 Å². The Morgan fingerprint density at radius 3 is 2.40 bits per heavy atom. The van der Waals surface area contributed by atoms with Gasteiger partial charge in [0.15, 0.2) is 0 Å². The molecule has 0 amide bonds. The van der Waals surface area contributed by atoms with Crippen LogP contribution in [0, 0.1) is 10.6 Å². The first-order valence-electron chi connectivity index (χ1n) is 6.58. The number of nitrogens with one attached hydrogen (secondary N) is 2. The minimum Gasteiger partial charge on any atom is -0.329 e. The average molecular weight is 294 g/mol. The van der Waals surface area contributed by atoms with Crippen LogP contribution >= 0.6 is 12.2 Å². The smallest absolute Gasteiger partial charge is 0.329 e. The quantitative estimate of drug-likeness (QED) is 0.847. The predicted molar refractivity (Wildman–Crippen MR) is 80.7 cm³/mol. The van der Waals surface area contributed by atoms with E-state index in [9.17, 15) is 9.59 Å². The summed E-state index contributed by atoms with van der Waals surface area (Å²) in [6, 6.07) is 0. The molecule has 108 valence electrons. The van der Waals surface area contributed by atoms with Gasteiger partial charge in [-0.3, -0.25) is 14.3 Å². The summed E-state index contributed by atoms with van der Waals surface area (Å²) >= 11 is 5.20. The molecule has 2 aromatic heterocycles. The molecule has 2 N–H and O–H groups in total. The largest absolute Gasteiger partial charge is 0.329 e. The van der Waals surface area contributed by atoms with Gasteiger partial charge in [0.2, 0.25) is 0 Å². The van der Waals surface area contributed by atoms with Gasteiger partial charge in [-0.05, 0) is 5.92 Å². The molecule has 0 atom stereocenters. The van der Waals surface area contributed by atoms with Gasteiger partial charge in [0, 0.05) is 12.5 Å². The standard InChI is InChI=1S/C13H18N4O2S/c1-6(2)5-17-10-8(11(18)16-13(17)19)12(20)15-9(14-10)7(3)4/h6-7H,5H2,1-4H3,(H,14,15,20)(H,16,18,19). The van der Waals surface area contributed by atoms with Crippen LogP contribution in [0.3, 0.4) is 0 Å². The second-order valence-electron chi connectivity index (χ2n) is 5.57. The van der Waals surface area contributed by atoms with Crippen LogP contribution in [-0.2, 0) is 6.54 Å². The van der Waals surface area contributed by atoms with E-state index in [0.717, 1.165) is 0 Å². The summed E-state index contributed by atoms with van der Waals surface area (Å²) in [7, 11) is 0. The normalized spacial score (nSPS) is 11.7. The number of hydrogen-bond acceptors (Lipinski definition) is 4. The summed E-state index contributed by atoms with van der Waals surface area (Å²) in [5.41, 5.74) is -0.465. The van der Waals surface area contributed by atoms with Crippen LogP contribution in [0.25, 0.3) is 11.0 Å². The molecule has 0 aliphatic rings. The third kappa shape index (κ3) is 2.58. The Balaban J connectivity index is 2.95. The fourth-order valence-corrected chi connectivity index (χ4v) is 2.31. The van der Waals surface area contributed by atoms with E-state index in [2.05, 4.69) is 15.0 Å².